The third-order valence-corrected chi connectivity index (χ3v) is 5.03. The van der Waals surface area contributed by atoms with E-state index in [1.54, 1.807) is 30.3 Å². The van der Waals surface area contributed by atoms with E-state index < -0.39 is 5.97 Å². The Balaban J connectivity index is 1.77. The zero-order chi connectivity index (χ0) is 19.1. The highest BCUT2D eigenvalue weighted by Gasteiger charge is 2.13. The number of Topliss-reactive ketones (excluding diaryl/α,β-unsaturated/α-hetero) is 1. The summed E-state index contributed by atoms with van der Waals surface area (Å²) in [5.41, 5.74) is 0. The Morgan fingerprint density at radius 3 is 2.65 bits per heavy atom. The lowest BCUT2D eigenvalue weighted by Crippen LogP contribution is -2.19. The first-order valence-electron chi connectivity index (χ1n) is 7.45. The van der Waals surface area contributed by atoms with Crippen LogP contribution in [0, 0.1) is 0 Å². The fraction of sp³-hybridized carbons (Fsp3) is 0.235. The minimum atomic E-state index is -0.657. The summed E-state index contributed by atoms with van der Waals surface area (Å²) in [7, 11) is 0. The summed E-state index contributed by atoms with van der Waals surface area (Å²) in [6, 6.07) is 8.27. The van der Waals surface area contributed by atoms with Crippen LogP contribution < -0.4 is 10.1 Å². The second-order valence-corrected chi connectivity index (χ2v) is 7.58. The Morgan fingerprint density at radius 1 is 1.19 bits per heavy atom. The number of esters is 1. The predicted octanol–water partition coefficient (Wildman–Crippen LogP) is 3.61. The van der Waals surface area contributed by atoms with Gasteiger partial charge in [0.05, 0.1) is 15.9 Å². The van der Waals surface area contributed by atoms with Crippen LogP contribution >= 0.6 is 38.9 Å². The topological polar surface area (TPSA) is 81.7 Å². The predicted molar refractivity (Wildman–Crippen MR) is 102 cm³/mol. The van der Waals surface area contributed by atoms with Gasteiger partial charge in [-0.25, -0.2) is 4.79 Å². The molecule has 1 aromatic carbocycles. The minimum absolute atomic E-state index is 0.146. The van der Waals surface area contributed by atoms with E-state index in [0.29, 0.717) is 26.7 Å². The molecule has 0 saturated carbocycles. The van der Waals surface area contributed by atoms with Gasteiger partial charge in [0.25, 0.3) is 0 Å². The number of carbonyl (C=O) groups excluding carboxylic acids is 3. The lowest BCUT2D eigenvalue weighted by molar-refractivity contribution is -0.144. The van der Waals surface area contributed by atoms with Gasteiger partial charge in [0.2, 0.25) is 11.7 Å². The highest BCUT2D eigenvalue weighted by Crippen LogP contribution is 2.27. The maximum Gasteiger partial charge on any atom is 0.344 e. The molecule has 2 rings (SSSR count). The van der Waals surface area contributed by atoms with E-state index in [1.165, 1.54) is 18.3 Å². The monoisotopic (exact) mass is 459 g/mol. The van der Waals surface area contributed by atoms with Crippen LogP contribution in [0.25, 0.3) is 0 Å². The van der Waals surface area contributed by atoms with Crippen molar-refractivity contribution in [3.63, 3.8) is 0 Å². The van der Waals surface area contributed by atoms with E-state index in [4.69, 9.17) is 21.1 Å². The second-order valence-electron chi connectivity index (χ2n) is 5.12. The van der Waals surface area contributed by atoms with Crippen molar-refractivity contribution in [2.45, 2.75) is 13.5 Å². The van der Waals surface area contributed by atoms with Crippen LogP contribution in [0.4, 0.5) is 0 Å². The standard InChI is InChI=1S/C17H15BrClNO5S/c1-10(21)20-7-12-3-5-16(26-12)14(22)8-25-17(23)9-24-15-4-2-11(19)6-13(15)18/h2-6H,7-9H2,1H3,(H,20,21). The Bertz CT molecular complexity index is 823. The van der Waals surface area contributed by atoms with Crippen molar-refractivity contribution in [1.82, 2.24) is 5.32 Å². The minimum Gasteiger partial charge on any atom is -0.481 e. The van der Waals surface area contributed by atoms with Crippen molar-refractivity contribution < 1.29 is 23.9 Å². The molecule has 1 aromatic heterocycles. The van der Waals surface area contributed by atoms with Crippen molar-refractivity contribution >= 4 is 56.5 Å². The molecule has 138 valence electrons. The summed E-state index contributed by atoms with van der Waals surface area (Å²) in [4.78, 5) is 36.0. The molecule has 1 amide bonds. The van der Waals surface area contributed by atoms with Crippen molar-refractivity contribution in [1.29, 1.82) is 0 Å². The van der Waals surface area contributed by atoms with Gasteiger partial charge >= 0.3 is 5.97 Å². The van der Waals surface area contributed by atoms with Crippen LogP contribution in [0.2, 0.25) is 5.02 Å². The first-order chi connectivity index (χ1) is 12.3. The van der Waals surface area contributed by atoms with E-state index >= 15 is 0 Å². The van der Waals surface area contributed by atoms with Crippen molar-refractivity contribution in [3.05, 3.63) is 49.6 Å². The van der Waals surface area contributed by atoms with Crippen LogP contribution in [0.3, 0.4) is 0 Å². The maximum atomic E-state index is 12.0. The number of rotatable bonds is 8. The molecule has 26 heavy (non-hydrogen) atoms. The molecule has 1 N–H and O–H groups in total. The summed E-state index contributed by atoms with van der Waals surface area (Å²) in [6.07, 6.45) is 0. The summed E-state index contributed by atoms with van der Waals surface area (Å²) in [5.74, 6) is -0.675. The Morgan fingerprint density at radius 2 is 1.96 bits per heavy atom. The van der Waals surface area contributed by atoms with Gasteiger partial charge in [0, 0.05) is 16.8 Å². The average molecular weight is 461 g/mol. The van der Waals surface area contributed by atoms with Crippen molar-refractivity contribution in [2.24, 2.45) is 0 Å². The largest absolute Gasteiger partial charge is 0.481 e. The molecular formula is C17H15BrClNO5S. The number of carbonyl (C=O) groups is 3. The van der Waals surface area contributed by atoms with Gasteiger partial charge in [-0.15, -0.1) is 11.3 Å². The number of ketones is 1. The molecule has 0 atom stereocenters. The summed E-state index contributed by atoms with van der Waals surface area (Å²) in [6.45, 7) is 1.08. The van der Waals surface area contributed by atoms with E-state index in [-0.39, 0.29) is 24.9 Å². The van der Waals surface area contributed by atoms with Gasteiger partial charge in [-0.05, 0) is 46.3 Å². The van der Waals surface area contributed by atoms with Crippen LogP contribution in [0.5, 0.6) is 5.75 Å². The number of hydrogen-bond donors (Lipinski definition) is 1. The molecule has 0 unspecified atom stereocenters. The molecule has 1 heterocycles. The first kappa shape index (κ1) is 20.4. The van der Waals surface area contributed by atoms with Crippen LogP contribution in [0.15, 0.2) is 34.8 Å². The van der Waals surface area contributed by atoms with Gasteiger partial charge < -0.3 is 14.8 Å². The molecule has 9 heteroatoms. The number of thiophene rings is 1. The highest BCUT2D eigenvalue weighted by atomic mass is 79.9. The zero-order valence-electron chi connectivity index (χ0n) is 13.7. The molecule has 0 aliphatic carbocycles. The van der Waals surface area contributed by atoms with E-state index in [1.807, 2.05) is 0 Å². The van der Waals surface area contributed by atoms with Crippen molar-refractivity contribution in [2.75, 3.05) is 13.2 Å². The van der Waals surface area contributed by atoms with E-state index in [0.717, 1.165) is 4.88 Å². The quantitative estimate of drug-likeness (QED) is 0.481. The first-order valence-corrected chi connectivity index (χ1v) is 9.43. The zero-order valence-corrected chi connectivity index (χ0v) is 16.9. The molecular weight excluding hydrogens is 446 g/mol. The normalized spacial score (nSPS) is 10.3. The van der Waals surface area contributed by atoms with Gasteiger partial charge in [0.1, 0.15) is 5.75 Å². The number of amides is 1. The van der Waals surface area contributed by atoms with Gasteiger partial charge in [-0.2, -0.15) is 0 Å². The van der Waals surface area contributed by atoms with Gasteiger partial charge in [-0.3, -0.25) is 9.59 Å². The third kappa shape index (κ3) is 6.44. The highest BCUT2D eigenvalue weighted by molar-refractivity contribution is 9.10. The summed E-state index contributed by atoms with van der Waals surface area (Å²) < 4.78 is 10.9. The lowest BCUT2D eigenvalue weighted by atomic mass is 10.3. The van der Waals surface area contributed by atoms with Gasteiger partial charge in [-0.1, -0.05) is 11.6 Å². The molecule has 0 saturated heterocycles. The fourth-order valence-corrected chi connectivity index (χ4v) is 3.49. The second kappa shape index (κ2) is 9.70. The molecule has 6 nitrogen and oxygen atoms in total. The van der Waals surface area contributed by atoms with E-state index in [9.17, 15) is 14.4 Å². The summed E-state index contributed by atoms with van der Waals surface area (Å²) in [5, 5.41) is 3.18. The molecule has 0 fully saturated rings. The SMILES string of the molecule is CC(=O)NCc1ccc(C(=O)COC(=O)COc2ccc(Cl)cc2Br)s1. The molecule has 0 radical (unpaired) electrons. The number of halogens is 2. The molecule has 0 aliphatic rings. The number of hydrogen-bond acceptors (Lipinski definition) is 6. The van der Waals surface area contributed by atoms with Gasteiger partial charge in [0.15, 0.2) is 13.2 Å². The average Bonchev–Trinajstić information content (AvgIpc) is 3.06. The summed E-state index contributed by atoms with van der Waals surface area (Å²) >= 11 is 10.3. The molecule has 2 aromatic rings. The Labute approximate surface area is 167 Å². The van der Waals surface area contributed by atoms with Crippen LogP contribution in [-0.4, -0.2) is 30.9 Å². The number of nitrogens with one attached hydrogen (secondary N) is 1. The number of benzene rings is 1. The van der Waals surface area contributed by atoms with E-state index in [2.05, 4.69) is 21.2 Å². The maximum absolute atomic E-state index is 12.0. The fourth-order valence-electron chi connectivity index (χ4n) is 1.82. The molecule has 0 bridgehead atoms. The molecule has 0 spiro atoms. The van der Waals surface area contributed by atoms with Crippen LogP contribution in [0.1, 0.15) is 21.5 Å². The van der Waals surface area contributed by atoms with Crippen LogP contribution in [-0.2, 0) is 20.9 Å². The van der Waals surface area contributed by atoms with Crippen molar-refractivity contribution in [3.8, 4) is 5.75 Å². The number of ether oxygens (including phenoxy) is 2. The Hall–Kier alpha value is -1.90. The Kier molecular flexibility index (Phi) is 7.62. The smallest absolute Gasteiger partial charge is 0.344 e. The molecule has 0 aliphatic heterocycles. The third-order valence-electron chi connectivity index (χ3n) is 3.05. The lowest BCUT2D eigenvalue weighted by Gasteiger charge is -2.08.